The number of nitrogens with zero attached hydrogens (tertiary/aromatic N) is 3. The molecule has 2 amide bonds. The molecule has 3 heterocycles. The lowest BCUT2D eigenvalue weighted by atomic mass is 10.2. The first kappa shape index (κ1) is 20.9. The number of ether oxygens (including phenoxy) is 1. The number of fused-ring (bicyclic) bond motifs is 1. The Labute approximate surface area is 172 Å². The van der Waals surface area contributed by atoms with Crippen molar-refractivity contribution in [1.82, 2.24) is 19.4 Å². The summed E-state index contributed by atoms with van der Waals surface area (Å²) in [6.07, 6.45) is -4.13. The molecule has 2 unspecified atom stereocenters. The van der Waals surface area contributed by atoms with Crippen LogP contribution in [0.5, 0.6) is 0 Å². The second kappa shape index (κ2) is 7.41. The molecule has 2 aliphatic rings. The highest BCUT2D eigenvalue weighted by molar-refractivity contribution is 7.18. The first-order valence-corrected chi connectivity index (χ1v) is 10.4. The summed E-state index contributed by atoms with van der Waals surface area (Å²) in [5, 5.41) is 3.02. The van der Waals surface area contributed by atoms with Crippen molar-refractivity contribution in [3.63, 3.8) is 0 Å². The molecule has 2 aromatic rings. The Kier molecular flexibility index (Phi) is 5.17. The van der Waals surface area contributed by atoms with Crippen LogP contribution in [-0.4, -0.2) is 46.1 Å². The molecule has 0 bridgehead atoms. The molecule has 2 aromatic heterocycles. The van der Waals surface area contributed by atoms with E-state index in [0.29, 0.717) is 35.3 Å². The molecule has 0 aromatic carbocycles. The van der Waals surface area contributed by atoms with E-state index in [-0.39, 0.29) is 31.1 Å². The monoisotopic (exact) mass is 446 g/mol. The SMILES string of the molecule is Cc1c(CN2CCNC2=O)sc2c1c(=O)n(C1CC1C)c(=O)n2CCOC(F)(F)F. The van der Waals surface area contributed by atoms with Gasteiger partial charge in [0.1, 0.15) is 4.83 Å². The summed E-state index contributed by atoms with van der Waals surface area (Å²) in [6.45, 7) is 3.89. The van der Waals surface area contributed by atoms with Gasteiger partial charge in [-0.15, -0.1) is 24.5 Å². The van der Waals surface area contributed by atoms with Gasteiger partial charge in [-0.1, -0.05) is 6.92 Å². The zero-order chi connectivity index (χ0) is 21.8. The molecule has 0 spiro atoms. The fraction of sp³-hybridized carbons (Fsp3) is 0.611. The number of halogens is 3. The molecule has 164 valence electrons. The molecule has 1 saturated heterocycles. The number of thiophene rings is 1. The van der Waals surface area contributed by atoms with Gasteiger partial charge < -0.3 is 10.2 Å². The highest BCUT2D eigenvalue weighted by Crippen LogP contribution is 2.41. The van der Waals surface area contributed by atoms with Crippen molar-refractivity contribution in [1.29, 1.82) is 0 Å². The van der Waals surface area contributed by atoms with E-state index in [9.17, 15) is 27.6 Å². The summed E-state index contributed by atoms with van der Waals surface area (Å²) in [5.74, 6) is 0.152. The molecule has 0 radical (unpaired) electrons. The molecule has 2 fully saturated rings. The van der Waals surface area contributed by atoms with Crippen LogP contribution in [0.15, 0.2) is 9.59 Å². The largest absolute Gasteiger partial charge is 0.522 e. The third-order valence-electron chi connectivity index (χ3n) is 5.60. The average molecular weight is 446 g/mol. The van der Waals surface area contributed by atoms with Crippen LogP contribution in [0.2, 0.25) is 0 Å². The summed E-state index contributed by atoms with van der Waals surface area (Å²) in [6, 6.07) is -0.469. The maximum atomic E-state index is 13.1. The number of hydrogen-bond acceptors (Lipinski definition) is 5. The van der Waals surface area contributed by atoms with Crippen LogP contribution in [-0.2, 0) is 17.8 Å². The third-order valence-corrected chi connectivity index (χ3v) is 6.90. The van der Waals surface area contributed by atoms with Gasteiger partial charge in [-0.25, -0.2) is 9.59 Å². The highest BCUT2D eigenvalue weighted by atomic mass is 32.1. The first-order valence-electron chi connectivity index (χ1n) is 9.59. The number of carbonyl (C=O) groups excluding carboxylic acids is 1. The molecule has 30 heavy (non-hydrogen) atoms. The van der Waals surface area contributed by atoms with Gasteiger partial charge in [0.25, 0.3) is 5.56 Å². The standard InChI is InChI=1S/C18H21F3N4O4S/c1-9-7-11(9)25-14(26)13-10(2)12(8-23-4-3-22-16(23)27)30-15(13)24(17(25)28)5-6-29-18(19,20)21/h9,11H,3-8H2,1-2H3,(H,22,27). The second-order valence-electron chi connectivity index (χ2n) is 7.67. The molecule has 4 rings (SSSR count). The van der Waals surface area contributed by atoms with Gasteiger partial charge in [0.05, 0.1) is 25.1 Å². The fourth-order valence-corrected chi connectivity index (χ4v) is 5.13. The van der Waals surface area contributed by atoms with E-state index in [4.69, 9.17) is 0 Å². The van der Waals surface area contributed by atoms with Crippen molar-refractivity contribution in [2.24, 2.45) is 5.92 Å². The predicted octanol–water partition coefficient (Wildman–Crippen LogP) is 2.18. The molecule has 1 aliphatic heterocycles. The first-order chi connectivity index (χ1) is 14.1. The second-order valence-corrected chi connectivity index (χ2v) is 8.75. The predicted molar refractivity (Wildman–Crippen MR) is 104 cm³/mol. The summed E-state index contributed by atoms with van der Waals surface area (Å²) in [4.78, 5) is 40.7. The van der Waals surface area contributed by atoms with E-state index in [1.165, 1.54) is 4.57 Å². The maximum Gasteiger partial charge on any atom is 0.522 e. The van der Waals surface area contributed by atoms with Crippen LogP contribution in [0.3, 0.4) is 0 Å². The van der Waals surface area contributed by atoms with Gasteiger partial charge >= 0.3 is 18.1 Å². The number of carbonyl (C=O) groups is 1. The van der Waals surface area contributed by atoms with Gasteiger partial charge in [-0.2, -0.15) is 0 Å². The molecular weight excluding hydrogens is 425 g/mol. The van der Waals surface area contributed by atoms with Gasteiger partial charge in [-0.3, -0.25) is 18.7 Å². The zero-order valence-corrected chi connectivity index (χ0v) is 17.2. The number of urea groups is 1. The van der Waals surface area contributed by atoms with Crippen molar-refractivity contribution in [3.05, 3.63) is 31.3 Å². The van der Waals surface area contributed by atoms with Crippen LogP contribution in [0.4, 0.5) is 18.0 Å². The Hall–Kier alpha value is -2.34. The quantitative estimate of drug-likeness (QED) is 0.737. The van der Waals surface area contributed by atoms with E-state index < -0.39 is 24.2 Å². The lowest BCUT2D eigenvalue weighted by molar-refractivity contribution is -0.325. The smallest absolute Gasteiger partial charge is 0.336 e. The van der Waals surface area contributed by atoms with Crippen molar-refractivity contribution in [2.45, 2.75) is 45.8 Å². The average Bonchev–Trinajstić information content (AvgIpc) is 3.06. The maximum absolute atomic E-state index is 13.1. The van der Waals surface area contributed by atoms with Crippen molar-refractivity contribution in [3.8, 4) is 0 Å². The van der Waals surface area contributed by atoms with E-state index in [1.807, 2.05) is 6.92 Å². The number of aromatic nitrogens is 2. The van der Waals surface area contributed by atoms with E-state index in [2.05, 4.69) is 10.1 Å². The lowest BCUT2D eigenvalue weighted by Gasteiger charge is -2.13. The van der Waals surface area contributed by atoms with Crippen LogP contribution in [0.1, 0.15) is 29.8 Å². The Morgan fingerprint density at radius 1 is 1.27 bits per heavy atom. The van der Waals surface area contributed by atoms with Crippen LogP contribution >= 0.6 is 11.3 Å². The zero-order valence-electron chi connectivity index (χ0n) is 16.4. The number of hydrogen-bond donors (Lipinski definition) is 1. The fourth-order valence-electron chi connectivity index (χ4n) is 3.80. The van der Waals surface area contributed by atoms with Gasteiger partial charge in [-0.05, 0) is 24.8 Å². The molecule has 1 aliphatic carbocycles. The summed E-state index contributed by atoms with van der Waals surface area (Å²) in [7, 11) is 0. The van der Waals surface area contributed by atoms with E-state index in [1.54, 1.807) is 11.8 Å². The Balaban J connectivity index is 1.80. The minimum absolute atomic E-state index is 0.152. The number of alkyl halides is 3. The third kappa shape index (κ3) is 3.73. The lowest BCUT2D eigenvalue weighted by Crippen LogP contribution is -2.40. The van der Waals surface area contributed by atoms with Crippen molar-refractivity contribution in [2.75, 3.05) is 19.7 Å². The van der Waals surface area contributed by atoms with Gasteiger partial charge in [0.15, 0.2) is 0 Å². The molecule has 1 N–H and O–H groups in total. The number of nitrogens with one attached hydrogen (secondary N) is 1. The minimum atomic E-state index is -4.80. The summed E-state index contributed by atoms with van der Waals surface area (Å²) in [5.41, 5.74) is -0.408. The highest BCUT2D eigenvalue weighted by Gasteiger charge is 2.38. The van der Waals surface area contributed by atoms with Crippen molar-refractivity contribution >= 4 is 27.6 Å². The molecule has 12 heteroatoms. The number of amides is 2. The van der Waals surface area contributed by atoms with Crippen LogP contribution in [0.25, 0.3) is 10.2 Å². The van der Waals surface area contributed by atoms with E-state index in [0.717, 1.165) is 20.8 Å². The Morgan fingerprint density at radius 2 is 1.97 bits per heavy atom. The Morgan fingerprint density at radius 3 is 2.53 bits per heavy atom. The van der Waals surface area contributed by atoms with Crippen LogP contribution in [0, 0.1) is 12.8 Å². The number of aryl methyl sites for hydroxylation is 1. The van der Waals surface area contributed by atoms with Gasteiger partial charge in [0.2, 0.25) is 0 Å². The molecule has 1 saturated carbocycles. The summed E-state index contributed by atoms with van der Waals surface area (Å²) >= 11 is 1.16. The molecular formula is C18H21F3N4O4S. The molecule has 2 atom stereocenters. The van der Waals surface area contributed by atoms with Crippen LogP contribution < -0.4 is 16.6 Å². The van der Waals surface area contributed by atoms with Crippen molar-refractivity contribution < 1.29 is 22.7 Å². The Bertz CT molecular complexity index is 1120. The normalized spacial score (nSPS) is 21.5. The molecule has 8 nitrogen and oxygen atoms in total. The summed E-state index contributed by atoms with van der Waals surface area (Å²) < 4.78 is 43.5. The topological polar surface area (TPSA) is 85.6 Å². The van der Waals surface area contributed by atoms with Gasteiger partial charge in [0, 0.05) is 24.0 Å². The number of rotatable bonds is 6. The minimum Gasteiger partial charge on any atom is -0.336 e. The van der Waals surface area contributed by atoms with E-state index >= 15 is 0 Å².